The van der Waals surface area contributed by atoms with Crippen LogP contribution in [0.4, 0.5) is 0 Å². The maximum atomic E-state index is 5.34. The molecule has 0 aliphatic heterocycles. The second kappa shape index (κ2) is 5.51. The van der Waals surface area contributed by atoms with Gasteiger partial charge in [-0.2, -0.15) is 0 Å². The molecular formula is C16H21NOS. The highest BCUT2D eigenvalue weighted by Gasteiger charge is 2.29. The first-order chi connectivity index (χ1) is 9.33. The monoisotopic (exact) mass is 275 g/mol. The van der Waals surface area contributed by atoms with Gasteiger partial charge in [0, 0.05) is 16.1 Å². The molecule has 1 N–H and O–H groups in total. The van der Waals surface area contributed by atoms with Gasteiger partial charge in [0.05, 0.1) is 7.11 Å². The predicted molar refractivity (Wildman–Crippen MR) is 82.3 cm³/mol. The van der Waals surface area contributed by atoms with E-state index in [0.717, 1.165) is 24.8 Å². The molecule has 1 heterocycles. The average molecular weight is 275 g/mol. The van der Waals surface area contributed by atoms with Gasteiger partial charge in [-0.1, -0.05) is 6.92 Å². The standard InChI is InChI=1S/C16H21NOS/c1-3-8-17-10-15-16(11-4-5-11)13-7-6-12(18-2)9-14(13)19-15/h6-7,9,11,17H,3-5,8,10H2,1-2H3. The van der Waals surface area contributed by atoms with Crippen LogP contribution in [-0.2, 0) is 6.54 Å². The molecular weight excluding hydrogens is 254 g/mol. The topological polar surface area (TPSA) is 21.3 Å². The number of nitrogens with one attached hydrogen (secondary N) is 1. The molecule has 0 spiro atoms. The van der Waals surface area contributed by atoms with Crippen molar-refractivity contribution in [2.75, 3.05) is 13.7 Å². The van der Waals surface area contributed by atoms with Crippen LogP contribution in [0.15, 0.2) is 18.2 Å². The Bertz CT molecular complexity index is 571. The molecule has 2 nitrogen and oxygen atoms in total. The van der Waals surface area contributed by atoms with Crippen molar-refractivity contribution in [2.45, 2.75) is 38.6 Å². The van der Waals surface area contributed by atoms with Crippen LogP contribution in [0.3, 0.4) is 0 Å². The zero-order chi connectivity index (χ0) is 13.2. The van der Waals surface area contributed by atoms with Crippen LogP contribution < -0.4 is 10.1 Å². The molecule has 1 aliphatic rings. The summed E-state index contributed by atoms with van der Waals surface area (Å²) in [6, 6.07) is 6.50. The van der Waals surface area contributed by atoms with Gasteiger partial charge in [-0.3, -0.25) is 0 Å². The third kappa shape index (κ3) is 2.63. The molecule has 3 heteroatoms. The molecule has 102 valence electrons. The number of methoxy groups -OCH3 is 1. The van der Waals surface area contributed by atoms with Crippen LogP contribution in [0.5, 0.6) is 5.75 Å². The molecule has 1 fully saturated rings. The number of hydrogen-bond donors (Lipinski definition) is 1. The first-order valence-corrected chi connectivity index (χ1v) is 7.95. The zero-order valence-electron chi connectivity index (χ0n) is 11.7. The Morgan fingerprint density at radius 2 is 2.21 bits per heavy atom. The highest BCUT2D eigenvalue weighted by Crippen LogP contribution is 2.48. The van der Waals surface area contributed by atoms with Crippen molar-refractivity contribution >= 4 is 21.4 Å². The highest BCUT2D eigenvalue weighted by molar-refractivity contribution is 7.19. The maximum absolute atomic E-state index is 5.34. The largest absolute Gasteiger partial charge is 0.497 e. The molecule has 0 unspecified atom stereocenters. The summed E-state index contributed by atoms with van der Waals surface area (Å²) in [4.78, 5) is 1.53. The van der Waals surface area contributed by atoms with Crippen molar-refractivity contribution in [3.8, 4) is 5.75 Å². The van der Waals surface area contributed by atoms with Gasteiger partial charge in [0.15, 0.2) is 0 Å². The van der Waals surface area contributed by atoms with Crippen molar-refractivity contribution in [3.05, 3.63) is 28.6 Å². The van der Waals surface area contributed by atoms with Crippen LogP contribution in [0.25, 0.3) is 10.1 Å². The summed E-state index contributed by atoms with van der Waals surface area (Å²) in [7, 11) is 1.74. The first-order valence-electron chi connectivity index (χ1n) is 7.13. The molecule has 1 aromatic carbocycles. The summed E-state index contributed by atoms with van der Waals surface area (Å²) in [5.74, 6) is 1.77. The van der Waals surface area contributed by atoms with Crippen molar-refractivity contribution in [3.63, 3.8) is 0 Å². The molecule has 19 heavy (non-hydrogen) atoms. The first kappa shape index (κ1) is 12.9. The summed E-state index contributed by atoms with van der Waals surface area (Å²) >= 11 is 1.93. The molecule has 0 saturated heterocycles. The Kier molecular flexibility index (Phi) is 3.76. The highest BCUT2D eigenvalue weighted by atomic mass is 32.1. The van der Waals surface area contributed by atoms with Gasteiger partial charge >= 0.3 is 0 Å². The maximum Gasteiger partial charge on any atom is 0.120 e. The predicted octanol–water partition coefficient (Wildman–Crippen LogP) is 4.29. The molecule has 0 amide bonds. The van der Waals surface area contributed by atoms with Crippen molar-refractivity contribution in [1.82, 2.24) is 5.32 Å². The number of ether oxygens (including phenoxy) is 1. The molecule has 0 atom stereocenters. The van der Waals surface area contributed by atoms with Crippen molar-refractivity contribution in [1.29, 1.82) is 0 Å². The number of thiophene rings is 1. The minimum atomic E-state index is 0.806. The van der Waals surface area contributed by atoms with E-state index in [1.54, 1.807) is 12.7 Å². The molecule has 3 rings (SSSR count). The van der Waals surface area contributed by atoms with Crippen LogP contribution in [0, 0.1) is 0 Å². The summed E-state index contributed by atoms with van der Waals surface area (Å²) in [5, 5.41) is 4.99. The number of rotatable bonds is 6. The fourth-order valence-corrected chi connectivity index (χ4v) is 3.89. The number of hydrogen-bond acceptors (Lipinski definition) is 3. The van der Waals surface area contributed by atoms with Gasteiger partial charge in [0.25, 0.3) is 0 Å². The fraction of sp³-hybridized carbons (Fsp3) is 0.500. The van der Waals surface area contributed by atoms with E-state index in [0.29, 0.717) is 0 Å². The van der Waals surface area contributed by atoms with Crippen molar-refractivity contribution in [2.24, 2.45) is 0 Å². The fourth-order valence-electron chi connectivity index (χ4n) is 2.60. The van der Waals surface area contributed by atoms with Gasteiger partial charge in [-0.05, 0) is 60.9 Å². The van der Waals surface area contributed by atoms with E-state index in [1.807, 2.05) is 11.3 Å². The van der Waals surface area contributed by atoms with Crippen molar-refractivity contribution < 1.29 is 4.74 Å². The zero-order valence-corrected chi connectivity index (χ0v) is 12.5. The van der Waals surface area contributed by atoms with E-state index in [-0.39, 0.29) is 0 Å². The van der Waals surface area contributed by atoms with Gasteiger partial charge in [0.1, 0.15) is 5.75 Å². The SMILES string of the molecule is CCCNCc1sc2cc(OC)ccc2c1C1CC1. The summed E-state index contributed by atoms with van der Waals surface area (Å²) in [6.07, 6.45) is 3.91. The molecule has 2 aromatic rings. The molecule has 0 radical (unpaired) electrons. The second-order valence-corrected chi connectivity index (χ2v) is 6.39. The van der Waals surface area contributed by atoms with Crippen LogP contribution in [0.2, 0.25) is 0 Å². The second-order valence-electron chi connectivity index (χ2n) is 5.25. The van der Waals surface area contributed by atoms with Gasteiger partial charge in [-0.25, -0.2) is 0 Å². The third-order valence-corrected chi connectivity index (χ3v) is 4.88. The van der Waals surface area contributed by atoms with Gasteiger partial charge in [-0.15, -0.1) is 11.3 Å². The van der Waals surface area contributed by atoms with E-state index < -0.39 is 0 Å². The molecule has 1 aliphatic carbocycles. The molecule has 0 bridgehead atoms. The van der Waals surface area contributed by atoms with E-state index in [9.17, 15) is 0 Å². The van der Waals surface area contributed by atoms with Crippen LogP contribution in [-0.4, -0.2) is 13.7 Å². The number of benzene rings is 1. The smallest absolute Gasteiger partial charge is 0.120 e. The van der Waals surface area contributed by atoms with Crippen LogP contribution in [0.1, 0.15) is 42.5 Å². The lowest BCUT2D eigenvalue weighted by atomic mass is 10.1. The normalized spacial score (nSPS) is 15.1. The summed E-state index contributed by atoms with van der Waals surface area (Å²) in [5.41, 5.74) is 1.60. The summed E-state index contributed by atoms with van der Waals surface area (Å²) in [6.45, 7) is 4.33. The Morgan fingerprint density at radius 3 is 2.89 bits per heavy atom. The van der Waals surface area contributed by atoms with E-state index in [4.69, 9.17) is 4.74 Å². The molecule has 1 aromatic heterocycles. The lowest BCUT2D eigenvalue weighted by Gasteiger charge is -2.04. The minimum Gasteiger partial charge on any atom is -0.497 e. The Balaban J connectivity index is 1.97. The van der Waals surface area contributed by atoms with E-state index in [2.05, 4.69) is 30.4 Å². The van der Waals surface area contributed by atoms with E-state index >= 15 is 0 Å². The third-order valence-electron chi connectivity index (χ3n) is 3.71. The molecule has 1 saturated carbocycles. The average Bonchev–Trinajstić information content (AvgIpc) is 3.20. The Morgan fingerprint density at radius 1 is 1.37 bits per heavy atom. The summed E-state index contributed by atoms with van der Waals surface area (Å²) < 4.78 is 6.71. The van der Waals surface area contributed by atoms with E-state index in [1.165, 1.54) is 34.2 Å². The van der Waals surface area contributed by atoms with Gasteiger partial charge in [0.2, 0.25) is 0 Å². The minimum absolute atomic E-state index is 0.806. The quantitative estimate of drug-likeness (QED) is 0.794. The van der Waals surface area contributed by atoms with Crippen LogP contribution >= 0.6 is 11.3 Å². The Labute approximate surface area is 118 Å². The lowest BCUT2D eigenvalue weighted by molar-refractivity contribution is 0.415. The number of fused-ring (bicyclic) bond motifs is 1. The Hall–Kier alpha value is -1.06. The van der Waals surface area contributed by atoms with Gasteiger partial charge < -0.3 is 10.1 Å². The lowest BCUT2D eigenvalue weighted by Crippen LogP contribution is -2.13.